The van der Waals surface area contributed by atoms with Gasteiger partial charge in [0, 0.05) is 32.1 Å². The van der Waals surface area contributed by atoms with Crippen LogP contribution < -0.4 is 15.7 Å². The number of hydrogen-bond donors (Lipinski definition) is 2. The molecule has 2 amide bonds. The highest BCUT2D eigenvalue weighted by atomic mass is 16.5. The Kier molecular flexibility index (Phi) is 6.16. The van der Waals surface area contributed by atoms with E-state index in [1.165, 1.54) is 0 Å². The van der Waals surface area contributed by atoms with E-state index in [9.17, 15) is 9.59 Å². The molecular formula is C19H27N5O3. The molecule has 1 fully saturated rings. The quantitative estimate of drug-likeness (QED) is 0.807. The van der Waals surface area contributed by atoms with Crippen LogP contribution in [0.5, 0.6) is 5.75 Å². The Hall–Kier alpha value is -2.77. The molecule has 0 bridgehead atoms. The van der Waals surface area contributed by atoms with Crippen LogP contribution in [0.1, 0.15) is 37.1 Å². The highest BCUT2D eigenvalue weighted by Gasteiger charge is 2.27. The van der Waals surface area contributed by atoms with E-state index in [1.807, 2.05) is 36.1 Å². The summed E-state index contributed by atoms with van der Waals surface area (Å²) in [6, 6.07) is 7.83. The van der Waals surface area contributed by atoms with E-state index < -0.39 is 0 Å². The van der Waals surface area contributed by atoms with Gasteiger partial charge in [-0.3, -0.25) is 4.57 Å². The van der Waals surface area contributed by atoms with Crippen molar-refractivity contribution in [3.05, 3.63) is 46.1 Å². The Morgan fingerprint density at radius 1 is 1.30 bits per heavy atom. The highest BCUT2D eigenvalue weighted by molar-refractivity contribution is 5.74. The van der Waals surface area contributed by atoms with E-state index in [-0.39, 0.29) is 17.6 Å². The molecule has 0 aliphatic carbocycles. The number of likely N-dealkylation sites (tertiary alicyclic amines) is 1. The van der Waals surface area contributed by atoms with E-state index in [1.54, 1.807) is 11.7 Å². The molecule has 2 heterocycles. The van der Waals surface area contributed by atoms with Crippen molar-refractivity contribution < 1.29 is 9.53 Å². The number of H-pyrrole nitrogens is 1. The molecule has 1 aromatic carbocycles. The van der Waals surface area contributed by atoms with Crippen molar-refractivity contribution in [2.45, 2.75) is 38.6 Å². The van der Waals surface area contributed by atoms with Crippen molar-refractivity contribution in [1.29, 1.82) is 0 Å². The molecule has 0 spiro atoms. The van der Waals surface area contributed by atoms with Gasteiger partial charge in [-0.25, -0.2) is 14.7 Å². The molecule has 0 atom stereocenters. The van der Waals surface area contributed by atoms with Gasteiger partial charge in [-0.15, -0.1) is 0 Å². The summed E-state index contributed by atoms with van der Waals surface area (Å²) in [6.45, 7) is 4.48. The highest BCUT2D eigenvalue weighted by Crippen LogP contribution is 2.25. The van der Waals surface area contributed by atoms with Gasteiger partial charge in [0.25, 0.3) is 0 Å². The summed E-state index contributed by atoms with van der Waals surface area (Å²) in [5.41, 5.74) is 0.997. The van der Waals surface area contributed by atoms with Crippen molar-refractivity contribution in [3.63, 3.8) is 0 Å². The number of rotatable bonds is 6. The van der Waals surface area contributed by atoms with E-state index in [0.717, 1.165) is 36.4 Å². The Balaban J connectivity index is 1.44. The van der Waals surface area contributed by atoms with Gasteiger partial charge in [0.1, 0.15) is 11.6 Å². The lowest BCUT2D eigenvalue weighted by Gasteiger charge is -2.31. The number of carbonyl (C=O) groups is 1. The fourth-order valence-corrected chi connectivity index (χ4v) is 3.51. The number of hydrogen-bond acceptors (Lipinski definition) is 4. The second kappa shape index (κ2) is 8.75. The third kappa shape index (κ3) is 4.50. The predicted molar refractivity (Wildman–Crippen MR) is 102 cm³/mol. The molecule has 2 aromatic rings. The molecule has 3 rings (SSSR count). The topological polar surface area (TPSA) is 92.2 Å². The molecule has 8 nitrogen and oxygen atoms in total. The van der Waals surface area contributed by atoms with E-state index in [4.69, 9.17) is 4.74 Å². The largest absolute Gasteiger partial charge is 0.497 e. The number of nitrogens with one attached hydrogen (secondary N) is 2. The summed E-state index contributed by atoms with van der Waals surface area (Å²) in [6.07, 6.45) is 2.41. The van der Waals surface area contributed by atoms with Gasteiger partial charge >= 0.3 is 11.7 Å². The molecule has 1 aromatic heterocycles. The summed E-state index contributed by atoms with van der Waals surface area (Å²) >= 11 is 0. The molecule has 1 aliphatic rings. The third-order valence-electron chi connectivity index (χ3n) is 5.10. The number of amides is 2. The molecule has 2 N–H and O–H groups in total. The van der Waals surface area contributed by atoms with Crippen molar-refractivity contribution in [2.75, 3.05) is 26.7 Å². The van der Waals surface area contributed by atoms with Crippen LogP contribution in [-0.2, 0) is 13.0 Å². The SMILES string of the molecule is CCn1c(C2CCN(C(=O)NCCc3ccc(OC)cc3)CC2)n[nH]c1=O. The number of aromatic nitrogens is 3. The standard InChI is InChI=1S/C19H27N5O3/c1-3-24-17(21-22-19(24)26)15-9-12-23(13-10-15)18(25)20-11-8-14-4-6-16(27-2)7-5-14/h4-7,15H,3,8-13H2,1-2H3,(H,20,25)(H,22,26). The monoisotopic (exact) mass is 373 g/mol. The molecule has 0 unspecified atom stereocenters. The molecule has 146 valence electrons. The summed E-state index contributed by atoms with van der Waals surface area (Å²) in [5, 5.41) is 9.69. The van der Waals surface area contributed by atoms with Gasteiger partial charge in [-0.2, -0.15) is 5.10 Å². The fourth-order valence-electron chi connectivity index (χ4n) is 3.51. The number of urea groups is 1. The first-order valence-corrected chi connectivity index (χ1v) is 9.43. The zero-order chi connectivity index (χ0) is 19.2. The van der Waals surface area contributed by atoms with Crippen LogP contribution in [0.2, 0.25) is 0 Å². The van der Waals surface area contributed by atoms with Crippen LogP contribution in [0.25, 0.3) is 0 Å². The Morgan fingerprint density at radius 2 is 2.00 bits per heavy atom. The molecule has 27 heavy (non-hydrogen) atoms. The summed E-state index contributed by atoms with van der Waals surface area (Å²) in [7, 11) is 1.64. The van der Waals surface area contributed by atoms with E-state index in [0.29, 0.717) is 26.2 Å². The van der Waals surface area contributed by atoms with Crippen LogP contribution in [0.15, 0.2) is 29.1 Å². The summed E-state index contributed by atoms with van der Waals surface area (Å²) in [5.74, 6) is 1.85. The predicted octanol–water partition coefficient (Wildman–Crippen LogP) is 1.73. The molecule has 0 radical (unpaired) electrons. The number of ether oxygens (including phenoxy) is 1. The minimum atomic E-state index is -0.161. The Morgan fingerprint density at radius 3 is 2.63 bits per heavy atom. The first-order chi connectivity index (χ1) is 13.1. The van der Waals surface area contributed by atoms with Gasteiger partial charge in [-0.05, 0) is 43.9 Å². The maximum Gasteiger partial charge on any atom is 0.343 e. The Bertz CT molecular complexity index is 803. The lowest BCUT2D eigenvalue weighted by atomic mass is 9.96. The van der Waals surface area contributed by atoms with Gasteiger partial charge in [0.15, 0.2) is 0 Å². The maximum atomic E-state index is 12.4. The maximum absolute atomic E-state index is 12.4. The van der Waals surface area contributed by atoms with Crippen LogP contribution in [0, 0.1) is 0 Å². The summed E-state index contributed by atoms with van der Waals surface area (Å²) < 4.78 is 6.82. The lowest BCUT2D eigenvalue weighted by molar-refractivity contribution is 0.180. The number of nitrogens with zero attached hydrogens (tertiary/aromatic N) is 3. The normalized spacial score (nSPS) is 15.0. The first-order valence-electron chi connectivity index (χ1n) is 9.43. The molecular weight excluding hydrogens is 346 g/mol. The number of benzene rings is 1. The second-order valence-electron chi connectivity index (χ2n) is 6.72. The lowest BCUT2D eigenvalue weighted by Crippen LogP contribution is -2.45. The molecule has 0 saturated carbocycles. The first kappa shape index (κ1) is 19.0. The van der Waals surface area contributed by atoms with Gasteiger partial charge in [0.05, 0.1) is 7.11 Å². The van der Waals surface area contributed by atoms with Crippen LogP contribution >= 0.6 is 0 Å². The zero-order valence-corrected chi connectivity index (χ0v) is 15.9. The van der Waals surface area contributed by atoms with Crippen molar-refractivity contribution in [3.8, 4) is 5.75 Å². The van der Waals surface area contributed by atoms with E-state index in [2.05, 4.69) is 15.5 Å². The van der Waals surface area contributed by atoms with Crippen LogP contribution in [0.3, 0.4) is 0 Å². The second-order valence-corrected chi connectivity index (χ2v) is 6.72. The van der Waals surface area contributed by atoms with E-state index >= 15 is 0 Å². The fraction of sp³-hybridized carbons (Fsp3) is 0.526. The smallest absolute Gasteiger partial charge is 0.343 e. The molecule has 8 heteroatoms. The average Bonchev–Trinajstić information content (AvgIpc) is 3.09. The van der Waals surface area contributed by atoms with Crippen molar-refractivity contribution >= 4 is 6.03 Å². The van der Waals surface area contributed by atoms with Gasteiger partial charge in [0.2, 0.25) is 0 Å². The zero-order valence-electron chi connectivity index (χ0n) is 15.9. The van der Waals surface area contributed by atoms with Crippen molar-refractivity contribution in [1.82, 2.24) is 25.0 Å². The number of methoxy groups -OCH3 is 1. The Labute approximate surface area is 158 Å². The summed E-state index contributed by atoms with van der Waals surface area (Å²) in [4.78, 5) is 25.9. The number of piperidine rings is 1. The van der Waals surface area contributed by atoms with Crippen LogP contribution in [-0.4, -0.2) is 52.4 Å². The van der Waals surface area contributed by atoms with Crippen molar-refractivity contribution in [2.24, 2.45) is 0 Å². The number of aromatic amines is 1. The average molecular weight is 373 g/mol. The molecule has 1 aliphatic heterocycles. The van der Waals surface area contributed by atoms with Gasteiger partial charge < -0.3 is 15.0 Å². The number of carbonyl (C=O) groups excluding carboxylic acids is 1. The molecule has 1 saturated heterocycles. The van der Waals surface area contributed by atoms with Crippen LogP contribution in [0.4, 0.5) is 4.79 Å². The minimum absolute atomic E-state index is 0.0307. The minimum Gasteiger partial charge on any atom is -0.497 e. The van der Waals surface area contributed by atoms with Gasteiger partial charge in [-0.1, -0.05) is 12.1 Å². The third-order valence-corrected chi connectivity index (χ3v) is 5.10.